The van der Waals surface area contributed by atoms with Gasteiger partial charge in [-0.2, -0.15) is 0 Å². The van der Waals surface area contributed by atoms with Crippen LogP contribution < -0.4 is 0 Å². The standard InChI is InChI=1S/C12H22O12/c13-3-2(23-12(21)10(20)4(3)14)1-22-24-11-8(18)6(16)5(15)7(17)9(11)19/h2-21H,1H2/t2-,3-,4+,5-,6-,7+,8+,9+,10-,11-,12-/m1/s1. The summed E-state index contributed by atoms with van der Waals surface area (Å²) in [7, 11) is 0. The maximum atomic E-state index is 9.72. The lowest BCUT2D eigenvalue weighted by Gasteiger charge is -2.41. The third-order valence-electron chi connectivity index (χ3n) is 4.17. The lowest BCUT2D eigenvalue weighted by atomic mass is 9.85. The predicted octanol–water partition coefficient (Wildman–Crippen LogP) is -6.08. The molecule has 2 aliphatic rings. The van der Waals surface area contributed by atoms with Crippen molar-refractivity contribution in [3.8, 4) is 0 Å². The summed E-state index contributed by atoms with van der Waals surface area (Å²) in [5, 5.41) is 85.8. The molecule has 0 radical (unpaired) electrons. The van der Waals surface area contributed by atoms with Gasteiger partial charge in [-0.05, 0) is 0 Å². The Hall–Kier alpha value is -0.480. The minimum Gasteiger partial charge on any atom is -0.387 e. The van der Waals surface area contributed by atoms with Crippen LogP contribution in [0.3, 0.4) is 0 Å². The number of aliphatic hydroxyl groups excluding tert-OH is 9. The van der Waals surface area contributed by atoms with E-state index >= 15 is 0 Å². The molecule has 0 aromatic heterocycles. The van der Waals surface area contributed by atoms with E-state index in [1.807, 2.05) is 0 Å². The molecular formula is C12H22O12. The Morgan fingerprint density at radius 3 is 1.58 bits per heavy atom. The maximum Gasteiger partial charge on any atom is 0.184 e. The molecule has 1 saturated heterocycles. The van der Waals surface area contributed by atoms with E-state index in [9.17, 15) is 46.0 Å². The molecule has 1 aliphatic heterocycles. The molecule has 12 nitrogen and oxygen atoms in total. The van der Waals surface area contributed by atoms with Crippen molar-refractivity contribution in [1.29, 1.82) is 0 Å². The molecule has 24 heavy (non-hydrogen) atoms. The zero-order chi connectivity index (χ0) is 18.2. The molecule has 142 valence electrons. The van der Waals surface area contributed by atoms with Crippen LogP contribution in [0.4, 0.5) is 0 Å². The van der Waals surface area contributed by atoms with Gasteiger partial charge in [-0.15, -0.1) is 0 Å². The van der Waals surface area contributed by atoms with E-state index in [4.69, 9.17) is 9.62 Å². The summed E-state index contributed by atoms with van der Waals surface area (Å²) in [6.07, 6.45) is -18.7. The number of hydrogen-bond acceptors (Lipinski definition) is 12. The molecule has 0 aromatic carbocycles. The van der Waals surface area contributed by atoms with Crippen LogP contribution in [0.25, 0.3) is 0 Å². The van der Waals surface area contributed by atoms with Gasteiger partial charge in [0.15, 0.2) is 6.29 Å². The van der Waals surface area contributed by atoms with E-state index in [2.05, 4.69) is 4.89 Å². The second kappa shape index (κ2) is 7.82. The first-order chi connectivity index (χ1) is 11.2. The van der Waals surface area contributed by atoms with Crippen molar-refractivity contribution in [3.05, 3.63) is 0 Å². The summed E-state index contributed by atoms with van der Waals surface area (Å²) >= 11 is 0. The third-order valence-corrected chi connectivity index (χ3v) is 4.17. The van der Waals surface area contributed by atoms with Crippen LogP contribution in [0, 0.1) is 0 Å². The van der Waals surface area contributed by atoms with Gasteiger partial charge in [-0.1, -0.05) is 0 Å². The summed E-state index contributed by atoms with van der Waals surface area (Å²) in [6, 6.07) is 0. The highest BCUT2D eigenvalue weighted by atomic mass is 17.2. The van der Waals surface area contributed by atoms with Crippen molar-refractivity contribution in [1.82, 2.24) is 0 Å². The Morgan fingerprint density at radius 2 is 1.04 bits per heavy atom. The molecule has 12 heteroatoms. The van der Waals surface area contributed by atoms with Crippen LogP contribution in [0.5, 0.6) is 0 Å². The highest BCUT2D eigenvalue weighted by Crippen LogP contribution is 2.25. The average Bonchev–Trinajstić information content (AvgIpc) is 2.56. The molecule has 9 N–H and O–H groups in total. The molecule has 0 spiro atoms. The normalized spacial score (nSPS) is 53.1. The molecule has 2 rings (SSSR count). The SMILES string of the molecule is O[C@@H]1[C@@H](O)[C@H](O)[C@@H](OOC[C@H]2O[C@@H](O)[C@H](O)[C@@H](O)[C@@H]2O)[C@@H](O)[C@H]1O. The number of rotatable bonds is 4. The topological polar surface area (TPSA) is 210 Å². The van der Waals surface area contributed by atoms with E-state index in [1.54, 1.807) is 0 Å². The fourth-order valence-corrected chi connectivity index (χ4v) is 2.56. The van der Waals surface area contributed by atoms with Crippen LogP contribution in [-0.2, 0) is 14.5 Å². The molecule has 1 heterocycles. The molecular weight excluding hydrogens is 336 g/mol. The van der Waals surface area contributed by atoms with Gasteiger partial charge in [0.05, 0.1) is 0 Å². The van der Waals surface area contributed by atoms with Crippen molar-refractivity contribution in [2.24, 2.45) is 0 Å². The Morgan fingerprint density at radius 1 is 0.583 bits per heavy atom. The summed E-state index contributed by atoms with van der Waals surface area (Å²) in [5.41, 5.74) is 0. The van der Waals surface area contributed by atoms with Crippen molar-refractivity contribution >= 4 is 0 Å². The van der Waals surface area contributed by atoms with Gasteiger partial charge >= 0.3 is 0 Å². The predicted molar refractivity (Wildman–Crippen MR) is 69.8 cm³/mol. The van der Waals surface area contributed by atoms with Crippen LogP contribution in [0.2, 0.25) is 0 Å². The second-order valence-electron chi connectivity index (χ2n) is 5.84. The maximum absolute atomic E-state index is 9.72. The van der Waals surface area contributed by atoms with E-state index in [1.165, 1.54) is 0 Å². The zero-order valence-corrected chi connectivity index (χ0v) is 12.3. The van der Waals surface area contributed by atoms with Gasteiger partial charge in [0, 0.05) is 0 Å². The molecule has 0 bridgehead atoms. The Kier molecular flexibility index (Phi) is 6.46. The molecule has 1 saturated carbocycles. The first-order valence-electron chi connectivity index (χ1n) is 7.23. The first-order valence-corrected chi connectivity index (χ1v) is 7.23. The Bertz CT molecular complexity index is 393. The molecule has 0 amide bonds. The van der Waals surface area contributed by atoms with E-state index < -0.39 is 73.9 Å². The Balaban J connectivity index is 1.89. The van der Waals surface area contributed by atoms with Gasteiger partial charge in [-0.25, -0.2) is 9.78 Å². The zero-order valence-electron chi connectivity index (χ0n) is 12.3. The fourth-order valence-electron chi connectivity index (χ4n) is 2.56. The van der Waals surface area contributed by atoms with Gasteiger partial charge < -0.3 is 50.7 Å². The molecule has 1 aliphatic carbocycles. The van der Waals surface area contributed by atoms with Crippen molar-refractivity contribution in [2.45, 2.75) is 67.3 Å². The summed E-state index contributed by atoms with van der Waals surface area (Å²) in [5.74, 6) is 0. The second-order valence-corrected chi connectivity index (χ2v) is 5.84. The van der Waals surface area contributed by atoms with Crippen LogP contribution in [0.1, 0.15) is 0 Å². The van der Waals surface area contributed by atoms with Gasteiger partial charge in [-0.3, -0.25) is 0 Å². The third kappa shape index (κ3) is 3.70. The fraction of sp³-hybridized carbons (Fsp3) is 1.00. The van der Waals surface area contributed by atoms with Crippen molar-refractivity contribution in [2.75, 3.05) is 6.61 Å². The molecule has 0 unspecified atom stereocenters. The Labute approximate surface area is 135 Å². The monoisotopic (exact) mass is 358 g/mol. The largest absolute Gasteiger partial charge is 0.387 e. The van der Waals surface area contributed by atoms with E-state index in [-0.39, 0.29) is 0 Å². The lowest BCUT2D eigenvalue weighted by Crippen LogP contribution is -2.64. The number of aliphatic hydroxyl groups is 9. The molecule has 0 aromatic rings. The van der Waals surface area contributed by atoms with Crippen LogP contribution in [-0.4, -0.2) is 120 Å². The van der Waals surface area contributed by atoms with E-state index in [0.717, 1.165) is 0 Å². The van der Waals surface area contributed by atoms with Crippen LogP contribution >= 0.6 is 0 Å². The van der Waals surface area contributed by atoms with Gasteiger partial charge in [0.25, 0.3) is 0 Å². The number of ether oxygens (including phenoxy) is 1. The van der Waals surface area contributed by atoms with Gasteiger partial charge in [0.2, 0.25) is 0 Å². The van der Waals surface area contributed by atoms with Crippen LogP contribution in [0.15, 0.2) is 0 Å². The lowest BCUT2D eigenvalue weighted by molar-refractivity contribution is -0.393. The first kappa shape index (κ1) is 19.8. The summed E-state index contributed by atoms with van der Waals surface area (Å²) in [6.45, 7) is -0.591. The van der Waals surface area contributed by atoms with Crippen molar-refractivity contribution in [3.63, 3.8) is 0 Å². The van der Waals surface area contributed by atoms with E-state index in [0.29, 0.717) is 0 Å². The minimum atomic E-state index is -1.80. The number of hydrogen-bond donors (Lipinski definition) is 9. The summed E-state index contributed by atoms with van der Waals surface area (Å²) < 4.78 is 4.81. The highest BCUT2D eigenvalue weighted by Gasteiger charge is 2.50. The quantitative estimate of drug-likeness (QED) is 0.170. The minimum absolute atomic E-state index is 0.591. The average molecular weight is 358 g/mol. The van der Waals surface area contributed by atoms with Crippen molar-refractivity contribution < 1.29 is 60.5 Å². The van der Waals surface area contributed by atoms with Gasteiger partial charge in [0.1, 0.15) is 67.6 Å². The highest BCUT2D eigenvalue weighted by molar-refractivity contribution is 4.99. The summed E-state index contributed by atoms with van der Waals surface area (Å²) in [4.78, 5) is 9.37. The molecule has 2 fully saturated rings. The molecule has 11 atom stereocenters. The smallest absolute Gasteiger partial charge is 0.184 e.